The minimum Gasteiger partial charge on any atom is -0.396 e. The molecule has 18 heavy (non-hydrogen) atoms. The molecule has 1 aromatic heterocycles. The molecule has 0 saturated carbocycles. The summed E-state index contributed by atoms with van der Waals surface area (Å²) in [7, 11) is 1.69. The molecule has 0 aliphatic carbocycles. The first-order valence-electron chi connectivity index (χ1n) is 6.25. The Kier molecular flexibility index (Phi) is 6.11. The van der Waals surface area contributed by atoms with Crippen LogP contribution in [0.5, 0.6) is 0 Å². The van der Waals surface area contributed by atoms with E-state index in [-0.39, 0.29) is 6.04 Å². The summed E-state index contributed by atoms with van der Waals surface area (Å²) in [6.07, 6.45) is 2.83. The van der Waals surface area contributed by atoms with Crippen molar-refractivity contribution in [1.82, 2.24) is 14.7 Å². The lowest BCUT2D eigenvalue weighted by molar-refractivity contribution is 0.0503. The zero-order chi connectivity index (χ0) is 13.5. The van der Waals surface area contributed by atoms with Gasteiger partial charge in [-0.25, -0.2) is 0 Å². The predicted molar refractivity (Wildman–Crippen MR) is 71.2 cm³/mol. The molecule has 1 aromatic rings. The maximum atomic E-state index is 10.0. The van der Waals surface area contributed by atoms with Gasteiger partial charge in [-0.1, -0.05) is 6.92 Å². The van der Waals surface area contributed by atoms with Crippen LogP contribution >= 0.6 is 0 Å². The van der Waals surface area contributed by atoms with Crippen molar-refractivity contribution >= 4 is 5.69 Å². The summed E-state index contributed by atoms with van der Waals surface area (Å²) in [6, 6.07) is 0.289. The number of aliphatic hydroxyl groups excluding tert-OH is 1. The zero-order valence-electron chi connectivity index (χ0n) is 11.4. The molecule has 6 nitrogen and oxygen atoms in total. The Morgan fingerprint density at radius 1 is 1.61 bits per heavy atom. The SMILES string of the molecule is CCN(CC(O)Cn1cc(N)cn1)C(C)COC. The summed E-state index contributed by atoms with van der Waals surface area (Å²) < 4.78 is 6.79. The number of nitrogen functional groups attached to an aromatic ring is 1. The lowest BCUT2D eigenvalue weighted by Crippen LogP contribution is -2.42. The van der Waals surface area contributed by atoms with Crippen molar-refractivity contribution in [3.8, 4) is 0 Å². The molecular weight excluding hydrogens is 232 g/mol. The van der Waals surface area contributed by atoms with Crippen LogP contribution in [0.3, 0.4) is 0 Å². The van der Waals surface area contributed by atoms with Gasteiger partial charge in [0.05, 0.1) is 31.1 Å². The van der Waals surface area contributed by atoms with Crippen molar-refractivity contribution in [1.29, 1.82) is 0 Å². The fraction of sp³-hybridized carbons (Fsp3) is 0.750. The second-order valence-corrected chi connectivity index (χ2v) is 4.54. The molecule has 1 heterocycles. The van der Waals surface area contributed by atoms with Crippen molar-refractivity contribution in [3.05, 3.63) is 12.4 Å². The number of rotatable bonds is 8. The number of methoxy groups -OCH3 is 1. The summed E-state index contributed by atoms with van der Waals surface area (Å²) in [4.78, 5) is 2.18. The number of hydrogen-bond acceptors (Lipinski definition) is 5. The lowest BCUT2D eigenvalue weighted by Gasteiger charge is -2.29. The van der Waals surface area contributed by atoms with Crippen LogP contribution < -0.4 is 5.73 Å². The van der Waals surface area contributed by atoms with E-state index >= 15 is 0 Å². The predicted octanol–water partition coefficient (Wildman–Crippen LogP) is 0.183. The van der Waals surface area contributed by atoms with E-state index < -0.39 is 6.10 Å². The summed E-state index contributed by atoms with van der Waals surface area (Å²) in [5.41, 5.74) is 6.19. The summed E-state index contributed by atoms with van der Waals surface area (Å²) >= 11 is 0. The van der Waals surface area contributed by atoms with E-state index in [4.69, 9.17) is 10.5 Å². The number of anilines is 1. The van der Waals surface area contributed by atoms with Gasteiger partial charge in [0, 0.05) is 25.9 Å². The molecule has 0 bridgehead atoms. The summed E-state index contributed by atoms with van der Waals surface area (Å²) in [5, 5.41) is 14.1. The zero-order valence-corrected chi connectivity index (χ0v) is 11.4. The molecule has 0 aromatic carbocycles. The second-order valence-electron chi connectivity index (χ2n) is 4.54. The largest absolute Gasteiger partial charge is 0.396 e. The van der Waals surface area contributed by atoms with Crippen LogP contribution in [0.2, 0.25) is 0 Å². The molecule has 0 radical (unpaired) electrons. The second kappa shape index (κ2) is 7.35. The summed E-state index contributed by atoms with van der Waals surface area (Å²) in [6.45, 7) is 6.75. The number of aromatic nitrogens is 2. The van der Waals surface area contributed by atoms with Crippen LogP contribution in [0.25, 0.3) is 0 Å². The van der Waals surface area contributed by atoms with E-state index in [1.54, 1.807) is 24.2 Å². The van der Waals surface area contributed by atoms with Crippen LogP contribution in [0, 0.1) is 0 Å². The van der Waals surface area contributed by atoms with Gasteiger partial charge in [0.2, 0.25) is 0 Å². The van der Waals surface area contributed by atoms with E-state index in [1.807, 2.05) is 0 Å². The van der Waals surface area contributed by atoms with Gasteiger partial charge < -0.3 is 15.6 Å². The van der Waals surface area contributed by atoms with Crippen molar-refractivity contribution in [2.24, 2.45) is 0 Å². The number of nitrogens with two attached hydrogens (primary N) is 1. The minimum absolute atomic E-state index is 0.289. The third-order valence-electron chi connectivity index (χ3n) is 2.93. The molecule has 104 valence electrons. The van der Waals surface area contributed by atoms with Gasteiger partial charge in [0.1, 0.15) is 0 Å². The van der Waals surface area contributed by atoms with Crippen molar-refractivity contribution in [2.75, 3.05) is 32.5 Å². The molecular formula is C12H24N4O2. The summed E-state index contributed by atoms with van der Waals surface area (Å²) in [5.74, 6) is 0. The highest BCUT2D eigenvalue weighted by Gasteiger charge is 2.16. The molecule has 0 spiro atoms. The molecule has 0 saturated heterocycles. The van der Waals surface area contributed by atoms with Crippen molar-refractivity contribution in [3.63, 3.8) is 0 Å². The standard InChI is InChI=1S/C12H24N4O2/c1-4-15(10(2)9-18-3)7-12(17)8-16-6-11(13)5-14-16/h5-6,10,12,17H,4,7-9,13H2,1-3H3. The highest BCUT2D eigenvalue weighted by molar-refractivity contribution is 5.30. The average molecular weight is 256 g/mol. The van der Waals surface area contributed by atoms with Gasteiger partial charge in [-0.05, 0) is 13.5 Å². The molecule has 2 atom stereocenters. The molecule has 0 amide bonds. The van der Waals surface area contributed by atoms with Crippen molar-refractivity contribution < 1.29 is 9.84 Å². The maximum absolute atomic E-state index is 10.0. The third-order valence-corrected chi connectivity index (χ3v) is 2.93. The Morgan fingerprint density at radius 2 is 2.33 bits per heavy atom. The fourth-order valence-electron chi connectivity index (χ4n) is 1.99. The van der Waals surface area contributed by atoms with Gasteiger partial charge in [-0.2, -0.15) is 5.10 Å². The van der Waals surface area contributed by atoms with E-state index in [0.29, 0.717) is 25.4 Å². The monoisotopic (exact) mass is 256 g/mol. The quantitative estimate of drug-likeness (QED) is 0.694. The van der Waals surface area contributed by atoms with Gasteiger partial charge in [0.15, 0.2) is 0 Å². The smallest absolute Gasteiger partial charge is 0.0862 e. The van der Waals surface area contributed by atoms with E-state index in [9.17, 15) is 5.11 Å². The molecule has 0 aliphatic heterocycles. The van der Waals surface area contributed by atoms with Crippen LogP contribution in [0.4, 0.5) is 5.69 Å². The van der Waals surface area contributed by atoms with E-state index in [1.165, 1.54) is 0 Å². The Hall–Kier alpha value is -1.11. The normalized spacial score (nSPS) is 14.9. The van der Waals surface area contributed by atoms with Gasteiger partial charge in [0.25, 0.3) is 0 Å². The first kappa shape index (κ1) is 14.9. The topological polar surface area (TPSA) is 76.5 Å². The van der Waals surface area contributed by atoms with Crippen LogP contribution in [0.15, 0.2) is 12.4 Å². The first-order valence-corrected chi connectivity index (χ1v) is 6.25. The Balaban J connectivity index is 2.44. The van der Waals surface area contributed by atoms with Crippen LogP contribution in [0.1, 0.15) is 13.8 Å². The van der Waals surface area contributed by atoms with Crippen molar-refractivity contribution in [2.45, 2.75) is 32.5 Å². The van der Waals surface area contributed by atoms with Crippen LogP contribution in [-0.2, 0) is 11.3 Å². The minimum atomic E-state index is -0.469. The number of hydrogen-bond donors (Lipinski definition) is 2. The number of nitrogens with zero attached hydrogens (tertiary/aromatic N) is 3. The number of likely N-dealkylation sites (N-methyl/N-ethyl adjacent to an activating group) is 1. The Morgan fingerprint density at radius 3 is 2.83 bits per heavy atom. The molecule has 2 unspecified atom stereocenters. The van der Waals surface area contributed by atoms with E-state index in [0.717, 1.165) is 6.54 Å². The van der Waals surface area contributed by atoms with E-state index in [2.05, 4.69) is 23.8 Å². The van der Waals surface area contributed by atoms with Gasteiger partial charge in [-0.15, -0.1) is 0 Å². The Bertz CT molecular complexity index is 343. The maximum Gasteiger partial charge on any atom is 0.0862 e. The first-order chi connectivity index (χ1) is 8.56. The highest BCUT2D eigenvalue weighted by Crippen LogP contribution is 2.04. The molecule has 0 aliphatic rings. The number of aliphatic hydroxyl groups is 1. The van der Waals surface area contributed by atoms with Crippen LogP contribution in [-0.4, -0.2) is 58.7 Å². The lowest BCUT2D eigenvalue weighted by atomic mass is 10.2. The molecule has 6 heteroatoms. The molecule has 1 rings (SSSR count). The molecule has 0 fully saturated rings. The highest BCUT2D eigenvalue weighted by atomic mass is 16.5. The molecule has 3 N–H and O–H groups in total. The van der Waals surface area contributed by atoms with Gasteiger partial charge in [-0.3, -0.25) is 9.58 Å². The fourth-order valence-corrected chi connectivity index (χ4v) is 1.99. The third kappa shape index (κ3) is 4.64. The van der Waals surface area contributed by atoms with Gasteiger partial charge >= 0.3 is 0 Å². The Labute approximate surface area is 108 Å². The number of ether oxygens (including phenoxy) is 1. The average Bonchev–Trinajstić information content (AvgIpc) is 2.71.